The molecule has 2 aromatic rings. The average Bonchev–Trinajstić information content (AvgIpc) is 3.38. The summed E-state index contributed by atoms with van der Waals surface area (Å²) in [4.78, 5) is 43.4. The van der Waals surface area contributed by atoms with Gasteiger partial charge in [-0.2, -0.15) is 13.2 Å². The smallest absolute Gasteiger partial charge is 0.367 e. The third-order valence-corrected chi connectivity index (χ3v) is 7.26. The Hall–Kier alpha value is -3.78. The van der Waals surface area contributed by atoms with Crippen molar-refractivity contribution >= 4 is 34.8 Å². The summed E-state index contributed by atoms with van der Waals surface area (Å²) in [6.45, 7) is 8.66. The maximum Gasteiger partial charge on any atom is 0.407 e. The number of rotatable bonds is 4. The molecule has 0 aliphatic carbocycles. The van der Waals surface area contributed by atoms with Gasteiger partial charge in [0.1, 0.15) is 5.82 Å². The van der Waals surface area contributed by atoms with E-state index >= 15 is 0 Å². The maximum absolute atomic E-state index is 13.5. The van der Waals surface area contributed by atoms with Crippen molar-refractivity contribution < 1.29 is 36.7 Å². The molecule has 2 unspecified atom stereocenters. The molecule has 11 heteroatoms. The summed E-state index contributed by atoms with van der Waals surface area (Å²) in [7, 11) is 0. The first kappa shape index (κ1) is 23.9. The van der Waals surface area contributed by atoms with Gasteiger partial charge in [-0.05, 0) is 56.2 Å². The van der Waals surface area contributed by atoms with Crippen molar-refractivity contribution in [1.82, 2.24) is 0 Å². The lowest BCUT2D eigenvalue weighted by molar-refractivity contribution is -0.138. The number of hydrogen-bond acceptors (Lipinski definition) is 4. The molecule has 4 atom stereocenters. The van der Waals surface area contributed by atoms with Crippen LogP contribution < -0.4 is 10.2 Å². The van der Waals surface area contributed by atoms with Crippen LogP contribution in [0.4, 0.5) is 34.6 Å². The standard InChI is InChI=1S/C25H19F4N3O4/c1-23-9-10-24(36-23,12-18(33)31-14-5-3-13(26)4-6-14)20-19(23)21(34)32(22(20)35)15-7-8-17(30-2)16(11-15)25(27,28)29/h3-8,11,19-20H,9-10,12H2,1H3,(H,31,33)/t19-,20+,23?,24?/m1/s1. The van der Waals surface area contributed by atoms with Crippen LogP contribution in [0.15, 0.2) is 42.5 Å². The number of amides is 3. The van der Waals surface area contributed by atoms with Crippen molar-refractivity contribution in [3.8, 4) is 0 Å². The normalized spacial score (nSPS) is 28.8. The highest BCUT2D eigenvalue weighted by atomic mass is 19.4. The third kappa shape index (κ3) is 3.55. The van der Waals surface area contributed by atoms with Crippen LogP contribution in [0.25, 0.3) is 4.85 Å². The van der Waals surface area contributed by atoms with E-state index in [1.807, 2.05) is 0 Å². The number of carbonyl (C=O) groups is 3. The summed E-state index contributed by atoms with van der Waals surface area (Å²) in [5, 5.41) is 2.62. The largest absolute Gasteiger partial charge is 0.407 e. The Kier molecular flexibility index (Phi) is 5.23. The molecule has 7 nitrogen and oxygen atoms in total. The first-order chi connectivity index (χ1) is 16.9. The minimum absolute atomic E-state index is 0.265. The van der Waals surface area contributed by atoms with Gasteiger partial charge in [0.2, 0.25) is 17.7 Å². The van der Waals surface area contributed by atoms with Crippen LogP contribution in [0.3, 0.4) is 0 Å². The Bertz CT molecular complexity index is 1340. The van der Waals surface area contributed by atoms with E-state index in [2.05, 4.69) is 10.2 Å². The van der Waals surface area contributed by atoms with Crippen LogP contribution >= 0.6 is 0 Å². The van der Waals surface area contributed by atoms with E-state index in [1.165, 1.54) is 24.3 Å². The molecule has 0 spiro atoms. The quantitative estimate of drug-likeness (QED) is 0.369. The number of benzene rings is 2. The van der Waals surface area contributed by atoms with Gasteiger partial charge in [0.25, 0.3) is 0 Å². The summed E-state index contributed by atoms with van der Waals surface area (Å²) in [5.41, 5.74) is -4.21. The molecule has 0 saturated carbocycles. The van der Waals surface area contributed by atoms with Gasteiger partial charge in [0.15, 0.2) is 5.69 Å². The Morgan fingerprint density at radius 1 is 1.14 bits per heavy atom. The molecular weight excluding hydrogens is 482 g/mol. The molecule has 3 aliphatic heterocycles. The second kappa shape index (κ2) is 7.86. The molecule has 5 rings (SSSR count). The summed E-state index contributed by atoms with van der Waals surface area (Å²) in [6, 6.07) is 7.79. The molecule has 0 radical (unpaired) electrons. The number of ether oxygens (including phenoxy) is 1. The van der Waals surface area contributed by atoms with Crippen molar-refractivity contribution in [2.75, 3.05) is 10.2 Å². The zero-order valence-electron chi connectivity index (χ0n) is 18.9. The molecule has 36 heavy (non-hydrogen) atoms. The highest BCUT2D eigenvalue weighted by Crippen LogP contribution is 2.62. The van der Waals surface area contributed by atoms with E-state index in [1.54, 1.807) is 6.92 Å². The molecule has 3 heterocycles. The molecule has 186 valence electrons. The molecular formula is C25H19F4N3O4. The number of carbonyl (C=O) groups excluding carboxylic acids is 3. The van der Waals surface area contributed by atoms with E-state index in [9.17, 15) is 31.9 Å². The maximum atomic E-state index is 13.5. The van der Waals surface area contributed by atoms with Crippen molar-refractivity contribution in [2.24, 2.45) is 11.8 Å². The summed E-state index contributed by atoms with van der Waals surface area (Å²) >= 11 is 0. The molecule has 2 bridgehead atoms. The van der Waals surface area contributed by atoms with Gasteiger partial charge in [-0.25, -0.2) is 14.1 Å². The van der Waals surface area contributed by atoms with Gasteiger partial charge < -0.3 is 10.1 Å². The summed E-state index contributed by atoms with van der Waals surface area (Å²) in [6.07, 6.45) is -4.43. The van der Waals surface area contributed by atoms with Gasteiger partial charge in [-0.3, -0.25) is 14.4 Å². The molecule has 3 saturated heterocycles. The van der Waals surface area contributed by atoms with Crippen LogP contribution in [0.1, 0.15) is 31.7 Å². The molecule has 1 N–H and O–H groups in total. The van der Waals surface area contributed by atoms with E-state index in [0.29, 0.717) is 24.6 Å². The number of nitrogens with one attached hydrogen (secondary N) is 1. The zero-order chi connectivity index (χ0) is 26.0. The fourth-order valence-electron chi connectivity index (χ4n) is 5.77. The van der Waals surface area contributed by atoms with Gasteiger partial charge >= 0.3 is 6.18 Å². The Morgan fingerprint density at radius 2 is 1.81 bits per heavy atom. The number of imide groups is 1. The lowest BCUT2D eigenvalue weighted by Gasteiger charge is -2.30. The first-order valence-corrected chi connectivity index (χ1v) is 11.1. The van der Waals surface area contributed by atoms with Crippen LogP contribution in [0, 0.1) is 24.2 Å². The topological polar surface area (TPSA) is 80.1 Å². The fourth-order valence-corrected chi connectivity index (χ4v) is 5.77. The molecule has 3 fully saturated rings. The van der Waals surface area contributed by atoms with Crippen LogP contribution in [-0.2, 0) is 25.3 Å². The van der Waals surface area contributed by atoms with Crippen molar-refractivity contribution in [3.05, 3.63) is 65.3 Å². The van der Waals surface area contributed by atoms with E-state index < -0.39 is 64.0 Å². The molecule has 2 aromatic carbocycles. The number of anilines is 2. The highest BCUT2D eigenvalue weighted by molar-refractivity contribution is 6.23. The van der Waals surface area contributed by atoms with Crippen LogP contribution in [-0.4, -0.2) is 28.9 Å². The Labute approximate surface area is 202 Å². The lowest BCUT2D eigenvalue weighted by atomic mass is 9.67. The van der Waals surface area contributed by atoms with Crippen molar-refractivity contribution in [1.29, 1.82) is 0 Å². The van der Waals surface area contributed by atoms with Crippen molar-refractivity contribution in [2.45, 2.75) is 43.6 Å². The van der Waals surface area contributed by atoms with Crippen molar-refractivity contribution in [3.63, 3.8) is 0 Å². The van der Waals surface area contributed by atoms with Gasteiger partial charge in [0.05, 0.1) is 41.6 Å². The Morgan fingerprint density at radius 3 is 2.44 bits per heavy atom. The lowest BCUT2D eigenvalue weighted by Crippen LogP contribution is -2.44. The minimum atomic E-state index is -4.86. The number of hydrogen-bond donors (Lipinski definition) is 1. The van der Waals surface area contributed by atoms with Crippen LogP contribution in [0.5, 0.6) is 0 Å². The number of halogens is 4. The first-order valence-electron chi connectivity index (χ1n) is 11.1. The number of alkyl halides is 3. The van der Waals surface area contributed by atoms with Gasteiger partial charge in [-0.1, -0.05) is 6.07 Å². The molecule has 3 amide bonds. The number of fused-ring (bicyclic) bond motifs is 5. The zero-order valence-corrected chi connectivity index (χ0v) is 18.9. The number of nitrogens with zero attached hydrogens (tertiary/aromatic N) is 2. The van der Waals surface area contributed by atoms with Gasteiger partial charge in [0, 0.05) is 11.4 Å². The monoisotopic (exact) mass is 501 g/mol. The second-order valence-corrected chi connectivity index (χ2v) is 9.49. The van der Waals surface area contributed by atoms with E-state index in [-0.39, 0.29) is 12.1 Å². The SMILES string of the molecule is [C-]#[N+]c1ccc(N2C(=O)[C@@H]3[C@H](C2=O)C2(C)CCC3(CC(=O)Nc3ccc(F)cc3)O2)cc1C(F)(F)F. The molecule has 0 aromatic heterocycles. The second-order valence-electron chi connectivity index (χ2n) is 9.49. The van der Waals surface area contributed by atoms with E-state index in [4.69, 9.17) is 11.3 Å². The summed E-state index contributed by atoms with van der Waals surface area (Å²) in [5.74, 6) is -4.45. The van der Waals surface area contributed by atoms with Crippen LogP contribution in [0.2, 0.25) is 0 Å². The van der Waals surface area contributed by atoms with Gasteiger partial charge in [-0.15, -0.1) is 0 Å². The predicted molar refractivity (Wildman–Crippen MR) is 118 cm³/mol. The molecule has 3 aliphatic rings. The predicted octanol–water partition coefficient (Wildman–Crippen LogP) is 4.85. The Balaban J connectivity index is 1.47. The van der Waals surface area contributed by atoms with E-state index in [0.717, 1.165) is 17.0 Å². The third-order valence-electron chi connectivity index (χ3n) is 7.26. The highest BCUT2D eigenvalue weighted by Gasteiger charge is 2.74. The fraction of sp³-hybridized carbons (Fsp3) is 0.360. The minimum Gasteiger partial charge on any atom is -0.367 e. The average molecular weight is 501 g/mol. The summed E-state index contributed by atoms with van der Waals surface area (Å²) < 4.78 is 59.9.